The summed E-state index contributed by atoms with van der Waals surface area (Å²) in [6.07, 6.45) is 3.47. The molecule has 2 heterocycles. The van der Waals surface area contributed by atoms with E-state index in [1.807, 2.05) is 17.0 Å². The normalized spacial score (nSPS) is 19.0. The number of halogens is 2. The van der Waals surface area contributed by atoms with Gasteiger partial charge in [0.05, 0.1) is 18.9 Å². The maximum Gasteiger partial charge on any atom is 0.191 e. The maximum atomic E-state index is 14.6. The Balaban J connectivity index is 0.00000300. The summed E-state index contributed by atoms with van der Waals surface area (Å²) in [5.41, 5.74) is 1.57. The van der Waals surface area contributed by atoms with Gasteiger partial charge in [-0.1, -0.05) is 13.0 Å². The first-order valence-electron chi connectivity index (χ1n) is 10.5. The van der Waals surface area contributed by atoms with Crippen LogP contribution < -0.4 is 15.5 Å². The van der Waals surface area contributed by atoms with E-state index in [0.29, 0.717) is 31.5 Å². The average molecular weight is 519 g/mol. The number of morpholine rings is 1. The number of rotatable bonds is 6. The zero-order valence-electron chi connectivity index (χ0n) is 17.6. The van der Waals surface area contributed by atoms with Gasteiger partial charge < -0.3 is 25.2 Å². The van der Waals surface area contributed by atoms with Gasteiger partial charge in [-0.2, -0.15) is 0 Å². The second-order valence-electron chi connectivity index (χ2n) is 7.57. The molecule has 2 saturated heterocycles. The van der Waals surface area contributed by atoms with Gasteiger partial charge in [-0.3, -0.25) is 4.99 Å². The Labute approximate surface area is 191 Å². The molecule has 164 valence electrons. The Hall–Kier alpha value is -1.13. The highest BCUT2D eigenvalue weighted by Gasteiger charge is 2.19. The second kappa shape index (κ2) is 12.5. The van der Waals surface area contributed by atoms with E-state index in [9.17, 15) is 4.39 Å². The smallest absolute Gasteiger partial charge is 0.191 e. The van der Waals surface area contributed by atoms with Crippen molar-refractivity contribution < 1.29 is 9.13 Å². The molecule has 2 fully saturated rings. The van der Waals surface area contributed by atoms with Crippen molar-refractivity contribution in [2.24, 2.45) is 4.99 Å². The molecular weight excluding hydrogens is 484 g/mol. The monoisotopic (exact) mass is 519 g/mol. The molecule has 0 aromatic heterocycles. The number of nitrogens with one attached hydrogen (secondary N) is 2. The largest absolute Gasteiger partial charge is 0.378 e. The van der Waals surface area contributed by atoms with Crippen LogP contribution in [0, 0.1) is 5.82 Å². The molecule has 8 heteroatoms. The highest BCUT2D eigenvalue weighted by molar-refractivity contribution is 14.0. The van der Waals surface area contributed by atoms with Crippen molar-refractivity contribution in [1.29, 1.82) is 0 Å². The van der Waals surface area contributed by atoms with Crippen LogP contribution in [0.3, 0.4) is 0 Å². The van der Waals surface area contributed by atoms with Crippen LogP contribution in [0.2, 0.25) is 0 Å². The molecule has 1 aromatic carbocycles. The van der Waals surface area contributed by atoms with Crippen molar-refractivity contribution in [3.05, 3.63) is 29.6 Å². The molecule has 0 unspecified atom stereocenters. The van der Waals surface area contributed by atoms with E-state index in [1.54, 1.807) is 13.1 Å². The molecule has 0 amide bonds. The Morgan fingerprint density at radius 2 is 1.93 bits per heavy atom. The third kappa shape index (κ3) is 7.25. The Kier molecular flexibility index (Phi) is 10.4. The number of aliphatic imine (C=N–C) groups is 1. The number of guanidine groups is 1. The minimum atomic E-state index is -0.174. The third-order valence-electron chi connectivity index (χ3n) is 5.52. The van der Waals surface area contributed by atoms with Crippen LogP contribution in [0.15, 0.2) is 23.2 Å². The minimum absolute atomic E-state index is 0. The highest BCUT2D eigenvalue weighted by Crippen LogP contribution is 2.21. The van der Waals surface area contributed by atoms with E-state index in [0.717, 1.165) is 50.5 Å². The summed E-state index contributed by atoms with van der Waals surface area (Å²) in [5.74, 6) is 0.610. The number of likely N-dealkylation sites (tertiary alicyclic amines) is 1. The lowest BCUT2D eigenvalue weighted by Gasteiger charge is -2.32. The SMILES string of the molecule is CCCN1CCC(NC(=NC)NCc2ccc(N3CCOCC3)c(F)c2)CC1.I. The lowest BCUT2D eigenvalue weighted by atomic mass is 10.1. The third-order valence-corrected chi connectivity index (χ3v) is 5.52. The van der Waals surface area contributed by atoms with E-state index in [2.05, 4.69) is 27.4 Å². The quantitative estimate of drug-likeness (QED) is 0.344. The summed E-state index contributed by atoms with van der Waals surface area (Å²) < 4.78 is 19.9. The van der Waals surface area contributed by atoms with Gasteiger partial charge >= 0.3 is 0 Å². The van der Waals surface area contributed by atoms with Gasteiger partial charge in [0, 0.05) is 45.8 Å². The van der Waals surface area contributed by atoms with Gasteiger partial charge in [-0.15, -0.1) is 24.0 Å². The van der Waals surface area contributed by atoms with Crippen LogP contribution in [0.25, 0.3) is 0 Å². The molecule has 0 radical (unpaired) electrons. The maximum absolute atomic E-state index is 14.6. The molecular formula is C21H35FIN5O. The minimum Gasteiger partial charge on any atom is -0.378 e. The van der Waals surface area contributed by atoms with E-state index >= 15 is 0 Å². The van der Waals surface area contributed by atoms with E-state index in [1.165, 1.54) is 13.0 Å². The van der Waals surface area contributed by atoms with Crippen LogP contribution in [-0.4, -0.2) is 69.9 Å². The van der Waals surface area contributed by atoms with Gasteiger partial charge in [0.2, 0.25) is 0 Å². The van der Waals surface area contributed by atoms with E-state index in [4.69, 9.17) is 4.74 Å². The van der Waals surface area contributed by atoms with Crippen LogP contribution in [0.1, 0.15) is 31.7 Å². The molecule has 0 bridgehead atoms. The fraction of sp³-hybridized carbons (Fsp3) is 0.667. The number of anilines is 1. The zero-order chi connectivity index (χ0) is 19.8. The Bertz CT molecular complexity index is 646. The summed E-state index contributed by atoms with van der Waals surface area (Å²) in [6, 6.07) is 5.92. The van der Waals surface area contributed by atoms with Crippen molar-refractivity contribution in [3.63, 3.8) is 0 Å². The first-order chi connectivity index (χ1) is 13.7. The molecule has 0 spiro atoms. The van der Waals surface area contributed by atoms with Crippen molar-refractivity contribution in [3.8, 4) is 0 Å². The van der Waals surface area contributed by atoms with Crippen LogP contribution in [-0.2, 0) is 11.3 Å². The summed E-state index contributed by atoms with van der Waals surface area (Å²) in [7, 11) is 1.78. The van der Waals surface area contributed by atoms with Gasteiger partial charge in [-0.25, -0.2) is 4.39 Å². The molecule has 0 saturated carbocycles. The molecule has 2 aliphatic heterocycles. The first kappa shape index (κ1) is 24.1. The fourth-order valence-corrected chi connectivity index (χ4v) is 3.91. The number of nitrogens with zero attached hydrogens (tertiary/aromatic N) is 3. The predicted molar refractivity (Wildman–Crippen MR) is 128 cm³/mol. The van der Waals surface area contributed by atoms with Gasteiger partial charge in [-0.05, 0) is 43.5 Å². The van der Waals surface area contributed by atoms with E-state index in [-0.39, 0.29) is 29.8 Å². The summed E-state index contributed by atoms with van der Waals surface area (Å²) >= 11 is 0. The zero-order valence-corrected chi connectivity index (χ0v) is 20.0. The highest BCUT2D eigenvalue weighted by atomic mass is 127. The molecule has 2 aliphatic rings. The van der Waals surface area contributed by atoms with Crippen LogP contribution in [0.4, 0.5) is 10.1 Å². The number of ether oxygens (including phenoxy) is 1. The average Bonchev–Trinajstić information content (AvgIpc) is 2.73. The topological polar surface area (TPSA) is 52.1 Å². The van der Waals surface area contributed by atoms with Crippen molar-refractivity contribution >= 4 is 35.6 Å². The van der Waals surface area contributed by atoms with Crippen LogP contribution in [0.5, 0.6) is 0 Å². The number of piperidine rings is 1. The molecule has 3 rings (SSSR count). The number of benzene rings is 1. The van der Waals surface area contributed by atoms with Crippen molar-refractivity contribution in [2.75, 3.05) is 57.9 Å². The Morgan fingerprint density at radius 1 is 1.21 bits per heavy atom. The van der Waals surface area contributed by atoms with Crippen molar-refractivity contribution in [1.82, 2.24) is 15.5 Å². The summed E-state index contributed by atoms with van der Waals surface area (Å²) in [5, 5.41) is 6.83. The lowest BCUT2D eigenvalue weighted by Crippen LogP contribution is -2.48. The van der Waals surface area contributed by atoms with Crippen LogP contribution >= 0.6 is 24.0 Å². The first-order valence-corrected chi connectivity index (χ1v) is 10.5. The van der Waals surface area contributed by atoms with Gasteiger partial charge in [0.15, 0.2) is 5.96 Å². The second-order valence-corrected chi connectivity index (χ2v) is 7.57. The number of hydrogen-bond acceptors (Lipinski definition) is 4. The van der Waals surface area contributed by atoms with Crippen molar-refractivity contribution in [2.45, 2.75) is 38.8 Å². The number of hydrogen-bond donors (Lipinski definition) is 2. The molecule has 0 aliphatic carbocycles. The lowest BCUT2D eigenvalue weighted by molar-refractivity contribution is 0.122. The van der Waals surface area contributed by atoms with E-state index < -0.39 is 0 Å². The Morgan fingerprint density at radius 3 is 2.55 bits per heavy atom. The van der Waals surface area contributed by atoms with Gasteiger partial charge in [0.1, 0.15) is 5.82 Å². The standard InChI is InChI=1S/C21H34FN5O.HI/c1-3-8-26-9-6-18(7-10-26)25-21(23-2)24-16-17-4-5-20(19(22)15-17)27-11-13-28-14-12-27;/h4-5,15,18H,3,6-14,16H2,1-2H3,(H2,23,24,25);1H. The molecule has 1 aromatic rings. The molecule has 6 nitrogen and oxygen atoms in total. The predicted octanol–water partition coefficient (Wildman–Crippen LogP) is 2.82. The molecule has 0 atom stereocenters. The summed E-state index contributed by atoms with van der Waals surface area (Å²) in [6.45, 7) is 9.02. The van der Waals surface area contributed by atoms with Gasteiger partial charge in [0.25, 0.3) is 0 Å². The molecule has 2 N–H and O–H groups in total. The molecule has 29 heavy (non-hydrogen) atoms. The summed E-state index contributed by atoms with van der Waals surface area (Å²) in [4.78, 5) is 8.90. The fourth-order valence-electron chi connectivity index (χ4n) is 3.91.